The van der Waals surface area contributed by atoms with E-state index in [2.05, 4.69) is 75.9 Å². The van der Waals surface area contributed by atoms with E-state index in [4.69, 9.17) is 9.37 Å². The number of rotatable bonds is 9. The molecule has 1 aromatic heterocycles. The van der Waals surface area contributed by atoms with Crippen LogP contribution in [0.15, 0.2) is 89.1 Å². The Morgan fingerprint density at radius 2 is 1.58 bits per heavy atom. The number of Topliss-reactive ketones (excluding diaryl/α,β-unsaturated/α-hetero) is 1. The van der Waals surface area contributed by atoms with E-state index < -0.39 is 5.97 Å². The lowest BCUT2D eigenvalue weighted by Gasteiger charge is -2.43. The Morgan fingerprint density at radius 1 is 0.921 bits per heavy atom. The normalized spacial score (nSPS) is 15.9. The van der Waals surface area contributed by atoms with Gasteiger partial charge in [-0.2, -0.15) is 0 Å². The van der Waals surface area contributed by atoms with Crippen molar-refractivity contribution in [3.8, 4) is 0 Å². The fourth-order valence-corrected chi connectivity index (χ4v) is 5.35. The van der Waals surface area contributed by atoms with Crippen molar-refractivity contribution in [2.45, 2.75) is 31.6 Å². The molecule has 1 aliphatic heterocycles. The molecule has 38 heavy (non-hydrogen) atoms. The molecule has 0 unspecified atom stereocenters. The second-order valence-corrected chi connectivity index (χ2v) is 9.74. The third-order valence-corrected chi connectivity index (χ3v) is 7.43. The minimum absolute atomic E-state index is 0.00882. The van der Waals surface area contributed by atoms with Crippen LogP contribution in [0.2, 0.25) is 0 Å². The molecule has 7 nitrogen and oxygen atoms in total. The molecule has 0 bridgehead atoms. The molecule has 0 radical (unpaired) electrons. The van der Waals surface area contributed by atoms with E-state index in [9.17, 15) is 9.59 Å². The van der Waals surface area contributed by atoms with Gasteiger partial charge < -0.3 is 9.64 Å². The average molecular weight is 510 g/mol. The summed E-state index contributed by atoms with van der Waals surface area (Å²) in [6.45, 7) is 4.36. The Labute approximate surface area is 222 Å². The number of hydrogen-bond acceptors (Lipinski definition) is 7. The number of fused-ring (bicyclic) bond motifs is 1. The number of carbonyl (C=O) groups excluding carboxylic acids is 2. The van der Waals surface area contributed by atoms with Gasteiger partial charge in [0.25, 0.3) is 0 Å². The van der Waals surface area contributed by atoms with Gasteiger partial charge in [-0.25, -0.2) is 9.42 Å². The lowest BCUT2D eigenvalue weighted by Crippen LogP contribution is -2.43. The Balaban J connectivity index is 1.17. The molecule has 4 aromatic rings. The van der Waals surface area contributed by atoms with E-state index in [0.29, 0.717) is 23.0 Å². The Hall–Kier alpha value is -4.10. The Bertz CT molecular complexity index is 1380. The van der Waals surface area contributed by atoms with Gasteiger partial charge in [0, 0.05) is 17.5 Å². The molecule has 7 heteroatoms. The van der Waals surface area contributed by atoms with E-state index in [1.165, 1.54) is 24.1 Å². The van der Waals surface area contributed by atoms with Crippen LogP contribution in [-0.2, 0) is 19.7 Å². The average Bonchev–Trinajstić information content (AvgIpc) is 3.45. The van der Waals surface area contributed by atoms with Crippen molar-refractivity contribution in [2.75, 3.05) is 26.2 Å². The lowest BCUT2D eigenvalue weighted by molar-refractivity contribution is -0.140. The number of ketones is 1. The van der Waals surface area contributed by atoms with Gasteiger partial charge in [-0.1, -0.05) is 72.8 Å². The Morgan fingerprint density at radius 3 is 2.21 bits per heavy atom. The van der Waals surface area contributed by atoms with Crippen LogP contribution in [0.1, 0.15) is 42.9 Å². The summed E-state index contributed by atoms with van der Waals surface area (Å²) in [5, 5.41) is 7.67. The molecule has 0 atom stereocenters. The molecule has 0 saturated carbocycles. The van der Waals surface area contributed by atoms with E-state index in [1.807, 2.05) is 0 Å². The van der Waals surface area contributed by atoms with Crippen LogP contribution in [0.25, 0.3) is 17.1 Å². The smallest absolute Gasteiger partial charge is 0.341 e. The Kier molecular flexibility index (Phi) is 7.75. The quantitative estimate of drug-likeness (QED) is 0.101. The second-order valence-electron chi connectivity index (χ2n) is 9.74. The SMILES string of the molecule is CC(=O)C(=Cc1cccc2nonc12)C(=O)OCCCN1CCC(c2ccccc2)(c2ccccc2)CC1. The molecule has 0 amide bonds. The molecule has 1 aliphatic rings. The van der Waals surface area contributed by atoms with Gasteiger partial charge in [-0.05, 0) is 72.9 Å². The summed E-state index contributed by atoms with van der Waals surface area (Å²) in [6, 6.07) is 26.8. The van der Waals surface area contributed by atoms with Gasteiger partial charge in [-0.15, -0.1) is 0 Å². The van der Waals surface area contributed by atoms with Crippen LogP contribution in [0.4, 0.5) is 0 Å². The fraction of sp³-hybridized carbons (Fsp3) is 0.290. The van der Waals surface area contributed by atoms with Gasteiger partial charge in [0.2, 0.25) is 0 Å². The predicted octanol–water partition coefficient (Wildman–Crippen LogP) is 5.21. The van der Waals surface area contributed by atoms with E-state index in [-0.39, 0.29) is 23.4 Å². The molecule has 0 N–H and O–H groups in total. The van der Waals surface area contributed by atoms with Crippen molar-refractivity contribution in [2.24, 2.45) is 0 Å². The molecule has 0 spiro atoms. The highest BCUT2D eigenvalue weighted by Crippen LogP contribution is 2.41. The van der Waals surface area contributed by atoms with Gasteiger partial charge in [0.05, 0.1) is 6.61 Å². The van der Waals surface area contributed by atoms with Gasteiger partial charge >= 0.3 is 5.97 Å². The minimum Gasteiger partial charge on any atom is -0.462 e. The number of hydrogen-bond donors (Lipinski definition) is 0. The van der Waals surface area contributed by atoms with Crippen LogP contribution in [0.5, 0.6) is 0 Å². The van der Waals surface area contributed by atoms with Crippen molar-refractivity contribution < 1.29 is 19.0 Å². The molecular formula is C31H31N3O4. The summed E-state index contributed by atoms with van der Waals surface area (Å²) in [6.07, 6.45) is 4.25. The van der Waals surface area contributed by atoms with E-state index >= 15 is 0 Å². The molecular weight excluding hydrogens is 478 g/mol. The highest BCUT2D eigenvalue weighted by Gasteiger charge is 2.37. The number of esters is 1. The summed E-state index contributed by atoms with van der Waals surface area (Å²) in [7, 11) is 0. The second kappa shape index (κ2) is 11.5. The maximum absolute atomic E-state index is 12.7. The zero-order valence-electron chi connectivity index (χ0n) is 21.5. The minimum atomic E-state index is -0.628. The number of piperidine rings is 1. The highest BCUT2D eigenvalue weighted by molar-refractivity contribution is 6.20. The van der Waals surface area contributed by atoms with Crippen LogP contribution in [0.3, 0.4) is 0 Å². The van der Waals surface area contributed by atoms with Crippen molar-refractivity contribution in [1.82, 2.24) is 15.2 Å². The number of ether oxygens (including phenoxy) is 1. The molecule has 3 aromatic carbocycles. The van der Waals surface area contributed by atoms with Crippen LogP contribution >= 0.6 is 0 Å². The van der Waals surface area contributed by atoms with Crippen molar-refractivity contribution in [1.29, 1.82) is 0 Å². The summed E-state index contributed by atoms with van der Waals surface area (Å²) >= 11 is 0. The van der Waals surface area contributed by atoms with Crippen molar-refractivity contribution >= 4 is 28.9 Å². The largest absolute Gasteiger partial charge is 0.462 e. The number of carbonyl (C=O) groups is 2. The monoisotopic (exact) mass is 509 g/mol. The number of aromatic nitrogens is 2. The fourth-order valence-electron chi connectivity index (χ4n) is 5.35. The van der Waals surface area contributed by atoms with Gasteiger partial charge in [0.1, 0.15) is 16.6 Å². The molecule has 2 heterocycles. The summed E-state index contributed by atoms with van der Waals surface area (Å²) in [5.74, 6) is -0.991. The zero-order chi connectivity index (χ0) is 26.4. The number of benzene rings is 3. The first-order chi connectivity index (χ1) is 18.6. The molecule has 1 fully saturated rings. The van der Waals surface area contributed by atoms with Crippen LogP contribution < -0.4 is 0 Å². The van der Waals surface area contributed by atoms with E-state index in [1.54, 1.807) is 18.2 Å². The van der Waals surface area contributed by atoms with E-state index in [0.717, 1.165) is 32.5 Å². The summed E-state index contributed by atoms with van der Waals surface area (Å²) in [5.41, 5.74) is 4.34. The number of likely N-dealkylation sites (tertiary alicyclic amines) is 1. The summed E-state index contributed by atoms with van der Waals surface area (Å²) < 4.78 is 10.3. The molecule has 194 valence electrons. The third-order valence-electron chi connectivity index (χ3n) is 7.43. The van der Waals surface area contributed by atoms with Crippen LogP contribution in [-0.4, -0.2) is 53.2 Å². The first kappa shape index (κ1) is 25.5. The van der Waals surface area contributed by atoms with Crippen LogP contribution in [0, 0.1) is 0 Å². The predicted molar refractivity (Wildman–Crippen MR) is 145 cm³/mol. The highest BCUT2D eigenvalue weighted by atomic mass is 16.6. The summed E-state index contributed by atoms with van der Waals surface area (Å²) in [4.78, 5) is 27.4. The number of nitrogens with zero attached hydrogens (tertiary/aromatic N) is 3. The van der Waals surface area contributed by atoms with Gasteiger partial charge in [0.15, 0.2) is 5.78 Å². The molecule has 1 saturated heterocycles. The van der Waals surface area contributed by atoms with Crippen molar-refractivity contribution in [3.05, 3.63) is 101 Å². The molecule has 0 aliphatic carbocycles. The maximum Gasteiger partial charge on any atom is 0.341 e. The third kappa shape index (κ3) is 5.43. The molecule has 5 rings (SSSR count). The van der Waals surface area contributed by atoms with Gasteiger partial charge in [-0.3, -0.25) is 4.79 Å². The van der Waals surface area contributed by atoms with Crippen molar-refractivity contribution in [3.63, 3.8) is 0 Å². The standard InChI is InChI=1S/C31H31N3O4/c1-23(35)27(22-24-10-8-15-28-29(24)33-38-32-28)30(36)37-21-9-18-34-19-16-31(17-20-34,25-11-4-2-5-12-25)26-13-6-3-7-14-26/h2-8,10-15,22H,9,16-21H2,1H3. The maximum atomic E-state index is 12.7. The zero-order valence-corrected chi connectivity index (χ0v) is 21.5. The topological polar surface area (TPSA) is 85.5 Å². The first-order valence-electron chi connectivity index (χ1n) is 13.0. The lowest BCUT2D eigenvalue weighted by atomic mass is 9.68. The first-order valence-corrected chi connectivity index (χ1v) is 13.0.